The van der Waals surface area contributed by atoms with Crippen molar-refractivity contribution in [1.82, 2.24) is 25.2 Å². The predicted octanol–water partition coefficient (Wildman–Crippen LogP) is 6.18. The molecule has 1 aromatic carbocycles. The third kappa shape index (κ3) is 16.9. The Bertz CT molecular complexity index is 1720. The van der Waals surface area contributed by atoms with Crippen LogP contribution in [0, 0.1) is 5.92 Å². The minimum atomic E-state index is -5.08. The number of para-hydroxylation sites is 1. The average molecular weight is 820 g/mol. The number of carbonyl (C=O) groups is 5. The van der Waals surface area contributed by atoms with Crippen LogP contribution < -0.4 is 10.1 Å². The number of ketones is 1. The second-order valence-corrected chi connectivity index (χ2v) is 11.8. The van der Waals surface area contributed by atoms with Crippen LogP contribution in [0.1, 0.15) is 57.3 Å². The molecule has 1 saturated heterocycles. The molecule has 0 unspecified atom stereocenters. The molecule has 0 radical (unpaired) electrons. The molecule has 0 aliphatic carbocycles. The Kier molecular flexibility index (Phi) is 18.7. The van der Waals surface area contributed by atoms with E-state index in [1.165, 1.54) is 0 Å². The van der Waals surface area contributed by atoms with E-state index in [2.05, 4.69) is 20.2 Å². The Labute approximate surface area is 312 Å². The monoisotopic (exact) mass is 819 g/mol. The maximum atomic E-state index is 12.8. The topological polar surface area (TPSA) is 212 Å². The van der Waals surface area contributed by atoms with Crippen molar-refractivity contribution < 1.29 is 83.5 Å². The number of hydrogen-bond donors (Lipinski definition) is 5. The number of H-pyrrole nitrogens is 1. The summed E-state index contributed by atoms with van der Waals surface area (Å²) in [4.78, 5) is 66.0. The van der Waals surface area contributed by atoms with Gasteiger partial charge in [0.2, 0.25) is 5.91 Å². The standard InChI is InChI=1S/C27H35N5O3.3C2HF3O2/c1-4-19(33)10-6-5-7-13-22(31-27(34)18-16-32(2)17-18)26-28-15-24(30-26)23-14-25(35-3)20-11-8-9-12-21(20)29-23;3*3-2(4,5)1(6)7/h8-9,11-12,14-15,18,22H,4-7,10,13,16-17H2,1-3H3,(H,28,30)(H,31,34);3*(H,6,7)/t22-;;;/m0.../s1. The van der Waals surface area contributed by atoms with Gasteiger partial charge in [0.1, 0.15) is 17.4 Å². The summed E-state index contributed by atoms with van der Waals surface area (Å²) in [5.74, 6) is -6.41. The third-order valence-corrected chi connectivity index (χ3v) is 7.42. The molecule has 1 amide bonds. The van der Waals surface area contributed by atoms with Gasteiger partial charge >= 0.3 is 36.4 Å². The van der Waals surface area contributed by atoms with Gasteiger partial charge in [-0.3, -0.25) is 9.59 Å². The van der Waals surface area contributed by atoms with Crippen LogP contribution in [0.4, 0.5) is 39.5 Å². The fourth-order valence-corrected chi connectivity index (χ4v) is 4.55. The van der Waals surface area contributed by atoms with Gasteiger partial charge in [-0.15, -0.1) is 0 Å². The lowest BCUT2D eigenvalue weighted by molar-refractivity contribution is -0.193. The zero-order valence-electron chi connectivity index (χ0n) is 29.8. The van der Waals surface area contributed by atoms with Crippen molar-refractivity contribution in [2.75, 3.05) is 27.2 Å². The lowest BCUT2D eigenvalue weighted by Gasteiger charge is -2.35. The summed E-state index contributed by atoms with van der Waals surface area (Å²) >= 11 is 0. The van der Waals surface area contributed by atoms with E-state index in [9.17, 15) is 49.1 Å². The van der Waals surface area contributed by atoms with E-state index in [4.69, 9.17) is 39.4 Å². The largest absolute Gasteiger partial charge is 0.496 e. The molecule has 0 saturated carbocycles. The van der Waals surface area contributed by atoms with Gasteiger partial charge in [0.05, 0.1) is 42.2 Å². The number of hydrogen-bond acceptors (Lipinski definition) is 9. The summed E-state index contributed by atoms with van der Waals surface area (Å²) in [5.41, 5.74) is 2.36. The van der Waals surface area contributed by atoms with Gasteiger partial charge in [-0.25, -0.2) is 24.4 Å². The van der Waals surface area contributed by atoms with Crippen LogP contribution in [0.3, 0.4) is 0 Å². The molecule has 3 aromatic rings. The summed E-state index contributed by atoms with van der Waals surface area (Å²) in [6.45, 7) is 3.46. The minimum Gasteiger partial charge on any atom is -0.496 e. The van der Waals surface area contributed by atoms with Crippen LogP contribution in [0.5, 0.6) is 5.75 Å². The number of fused-ring (bicyclic) bond motifs is 1. The first-order chi connectivity index (χ1) is 25.8. The quantitative estimate of drug-likeness (QED) is 0.102. The highest BCUT2D eigenvalue weighted by Gasteiger charge is 2.39. The van der Waals surface area contributed by atoms with Gasteiger partial charge in [-0.05, 0) is 32.0 Å². The first-order valence-electron chi connectivity index (χ1n) is 16.2. The van der Waals surface area contributed by atoms with Crippen LogP contribution >= 0.6 is 0 Å². The van der Waals surface area contributed by atoms with E-state index in [1.807, 2.05) is 44.3 Å². The third-order valence-electron chi connectivity index (χ3n) is 7.42. The highest BCUT2D eigenvalue weighted by Crippen LogP contribution is 2.30. The molecule has 56 heavy (non-hydrogen) atoms. The number of likely N-dealkylation sites (tertiary alicyclic amines) is 1. The molecule has 5 N–H and O–H groups in total. The molecule has 14 nitrogen and oxygen atoms in total. The SMILES string of the molecule is CCC(=O)CCCCC[C@H](NC(=O)C1CN(C)C1)c1ncc(-c2cc(OC)c3ccccc3n2)[nH]1.O=C(O)C(F)(F)F.O=C(O)C(F)(F)F.O=C(O)C(F)(F)F. The number of ether oxygens (including phenoxy) is 1. The Hall–Kier alpha value is -5.48. The van der Waals surface area contributed by atoms with Crippen molar-refractivity contribution in [3.63, 3.8) is 0 Å². The highest BCUT2D eigenvalue weighted by molar-refractivity contribution is 5.87. The van der Waals surface area contributed by atoms with Crippen molar-refractivity contribution in [3.8, 4) is 17.1 Å². The summed E-state index contributed by atoms with van der Waals surface area (Å²) in [5, 5.41) is 25.5. The highest BCUT2D eigenvalue weighted by atomic mass is 19.4. The van der Waals surface area contributed by atoms with Crippen LogP contribution in [-0.4, -0.2) is 111 Å². The molecule has 0 bridgehead atoms. The van der Waals surface area contributed by atoms with E-state index >= 15 is 0 Å². The van der Waals surface area contributed by atoms with Crippen LogP contribution in [0.15, 0.2) is 36.5 Å². The summed E-state index contributed by atoms with van der Waals surface area (Å²) in [6.07, 6.45) is -8.77. The molecular weight excluding hydrogens is 781 g/mol. The number of halogens is 9. The lowest BCUT2D eigenvalue weighted by atomic mass is 9.98. The van der Waals surface area contributed by atoms with Crippen LogP contribution in [0.2, 0.25) is 0 Å². The van der Waals surface area contributed by atoms with Gasteiger partial charge in [0, 0.05) is 37.4 Å². The minimum absolute atomic E-state index is 0.0190. The number of nitrogens with one attached hydrogen (secondary N) is 2. The molecule has 0 spiro atoms. The van der Waals surface area contributed by atoms with Crippen molar-refractivity contribution >= 4 is 40.5 Å². The fourth-order valence-electron chi connectivity index (χ4n) is 4.55. The number of aromatic amines is 1. The number of imidazole rings is 1. The van der Waals surface area contributed by atoms with E-state index in [0.29, 0.717) is 18.6 Å². The molecule has 1 aliphatic rings. The number of benzene rings is 1. The number of alkyl halides is 9. The first kappa shape index (κ1) is 48.5. The summed E-state index contributed by atoms with van der Waals surface area (Å²) < 4.78 is 101. The molecule has 4 rings (SSSR count). The normalized spacial score (nSPS) is 13.6. The number of aliphatic carboxylic acids is 3. The number of Topliss-reactive ketones (excluding diaryl/α,β-unsaturated/α-hetero) is 1. The number of methoxy groups -OCH3 is 1. The van der Waals surface area contributed by atoms with Crippen molar-refractivity contribution in [1.29, 1.82) is 0 Å². The number of aromatic nitrogens is 3. The summed E-state index contributed by atoms with van der Waals surface area (Å²) in [6, 6.07) is 9.55. The van der Waals surface area contributed by atoms with Gasteiger partial charge in [0.25, 0.3) is 0 Å². The molecule has 2 aromatic heterocycles. The number of amides is 1. The Morgan fingerprint density at radius 1 is 0.893 bits per heavy atom. The molecule has 1 fully saturated rings. The second kappa shape index (κ2) is 21.6. The van der Waals surface area contributed by atoms with Crippen LogP contribution in [-0.2, 0) is 24.0 Å². The van der Waals surface area contributed by atoms with Crippen molar-refractivity contribution in [2.45, 2.75) is 70.0 Å². The lowest BCUT2D eigenvalue weighted by Crippen LogP contribution is -2.52. The van der Waals surface area contributed by atoms with Gasteiger partial charge < -0.3 is 35.3 Å². The number of carbonyl (C=O) groups excluding carboxylic acids is 2. The van der Waals surface area contributed by atoms with Crippen LogP contribution in [0.25, 0.3) is 22.3 Å². The number of unbranched alkanes of at least 4 members (excludes halogenated alkanes) is 2. The van der Waals surface area contributed by atoms with E-state index in [0.717, 1.165) is 72.6 Å². The number of rotatable bonds is 12. The molecule has 23 heteroatoms. The van der Waals surface area contributed by atoms with Crippen molar-refractivity contribution in [2.24, 2.45) is 5.92 Å². The first-order valence-corrected chi connectivity index (χ1v) is 16.2. The zero-order valence-corrected chi connectivity index (χ0v) is 29.8. The number of carboxylic acids is 3. The smallest absolute Gasteiger partial charge is 0.490 e. The molecule has 3 heterocycles. The van der Waals surface area contributed by atoms with E-state index in [1.54, 1.807) is 13.3 Å². The van der Waals surface area contributed by atoms with Gasteiger partial charge in [0.15, 0.2) is 0 Å². The number of pyridine rings is 1. The van der Waals surface area contributed by atoms with E-state index < -0.39 is 36.4 Å². The molecular formula is C33H38F9N5O9. The average Bonchev–Trinajstić information content (AvgIpc) is 3.59. The number of carboxylic acid groups (broad SMARTS) is 3. The van der Waals surface area contributed by atoms with E-state index in [-0.39, 0.29) is 17.9 Å². The maximum absolute atomic E-state index is 12.8. The Morgan fingerprint density at radius 3 is 1.88 bits per heavy atom. The molecule has 1 aliphatic heterocycles. The Balaban J connectivity index is 0.000000610. The zero-order chi connectivity index (χ0) is 43.0. The van der Waals surface area contributed by atoms with Gasteiger partial charge in [-0.1, -0.05) is 31.9 Å². The molecule has 1 atom stereocenters. The van der Waals surface area contributed by atoms with Crippen molar-refractivity contribution in [3.05, 3.63) is 42.4 Å². The number of nitrogens with zero attached hydrogens (tertiary/aromatic N) is 3. The summed E-state index contributed by atoms with van der Waals surface area (Å²) in [7, 11) is 3.67. The van der Waals surface area contributed by atoms with Gasteiger partial charge in [-0.2, -0.15) is 39.5 Å². The second-order valence-electron chi connectivity index (χ2n) is 11.8. The predicted molar refractivity (Wildman–Crippen MR) is 177 cm³/mol. The molecule has 312 valence electrons. The Morgan fingerprint density at radius 2 is 1.41 bits per heavy atom. The fraction of sp³-hybridized carbons (Fsp3) is 0.485. The maximum Gasteiger partial charge on any atom is 0.490 e.